The first kappa shape index (κ1) is 12.1. The van der Waals surface area contributed by atoms with Crippen LogP contribution in [-0.2, 0) is 16.0 Å². The van der Waals surface area contributed by atoms with Gasteiger partial charge < -0.3 is 4.74 Å². The molecule has 1 rings (SSSR count). The Morgan fingerprint density at radius 1 is 1.33 bits per heavy atom. The molecule has 0 radical (unpaired) electrons. The van der Waals surface area contributed by atoms with Gasteiger partial charge >= 0.3 is 5.97 Å². The maximum atomic E-state index is 11.2. The smallest absolute Gasteiger partial charge is 0.316 e. The van der Waals surface area contributed by atoms with E-state index in [0.717, 1.165) is 6.42 Å². The first-order valence-corrected chi connectivity index (χ1v) is 6.12. The van der Waals surface area contributed by atoms with Gasteiger partial charge in [0.15, 0.2) is 0 Å². The zero-order valence-electron chi connectivity index (χ0n) is 9.16. The van der Waals surface area contributed by atoms with E-state index in [1.807, 2.05) is 25.1 Å². The Bertz CT molecular complexity index is 323. The van der Waals surface area contributed by atoms with E-state index in [1.165, 1.54) is 10.5 Å². The van der Waals surface area contributed by atoms with Crippen LogP contribution in [0.3, 0.4) is 0 Å². The molecule has 0 bridgehead atoms. The van der Waals surface area contributed by atoms with Gasteiger partial charge in [-0.15, -0.1) is 11.8 Å². The summed E-state index contributed by atoms with van der Waals surface area (Å²) in [4.78, 5) is 12.3. The minimum atomic E-state index is -0.145. The summed E-state index contributed by atoms with van der Waals surface area (Å²) < 4.78 is 4.88. The van der Waals surface area contributed by atoms with Crippen molar-refractivity contribution in [3.8, 4) is 0 Å². The van der Waals surface area contributed by atoms with Gasteiger partial charge in [-0.2, -0.15) is 0 Å². The molecular weight excluding hydrogens is 208 g/mol. The Morgan fingerprint density at radius 3 is 2.73 bits per heavy atom. The second-order valence-electron chi connectivity index (χ2n) is 3.05. The molecule has 0 atom stereocenters. The highest BCUT2D eigenvalue weighted by Crippen LogP contribution is 2.22. The van der Waals surface area contributed by atoms with Crippen LogP contribution >= 0.6 is 11.8 Å². The molecule has 3 heteroatoms. The summed E-state index contributed by atoms with van der Waals surface area (Å²) in [5, 5.41) is 0. The normalized spacial score (nSPS) is 10.0. The summed E-state index contributed by atoms with van der Waals surface area (Å²) in [6.07, 6.45) is 0.992. The van der Waals surface area contributed by atoms with Crippen molar-refractivity contribution in [1.29, 1.82) is 0 Å². The van der Waals surface area contributed by atoms with Gasteiger partial charge in [-0.05, 0) is 25.0 Å². The van der Waals surface area contributed by atoms with Crippen LogP contribution in [0.1, 0.15) is 19.4 Å². The number of ether oxygens (including phenoxy) is 1. The number of rotatable bonds is 5. The first-order chi connectivity index (χ1) is 7.27. The Hall–Kier alpha value is -0.960. The van der Waals surface area contributed by atoms with Gasteiger partial charge in [-0.1, -0.05) is 25.1 Å². The summed E-state index contributed by atoms with van der Waals surface area (Å²) in [5.41, 5.74) is 1.28. The summed E-state index contributed by atoms with van der Waals surface area (Å²) in [6, 6.07) is 8.15. The lowest BCUT2D eigenvalue weighted by atomic mass is 10.2. The summed E-state index contributed by atoms with van der Waals surface area (Å²) in [7, 11) is 0. The third-order valence-corrected chi connectivity index (χ3v) is 3.09. The molecule has 0 aliphatic rings. The Labute approximate surface area is 95.0 Å². The van der Waals surface area contributed by atoms with E-state index >= 15 is 0 Å². The van der Waals surface area contributed by atoms with Crippen molar-refractivity contribution in [2.24, 2.45) is 0 Å². The van der Waals surface area contributed by atoms with E-state index in [0.29, 0.717) is 12.4 Å². The van der Waals surface area contributed by atoms with Crippen molar-refractivity contribution in [2.45, 2.75) is 25.2 Å². The third kappa shape index (κ3) is 3.96. The number of thioether (sulfide) groups is 1. The van der Waals surface area contributed by atoms with Gasteiger partial charge in [0.1, 0.15) is 0 Å². The fourth-order valence-corrected chi connectivity index (χ4v) is 2.21. The Kier molecular flexibility index (Phi) is 5.26. The second-order valence-corrected chi connectivity index (χ2v) is 4.07. The predicted molar refractivity (Wildman–Crippen MR) is 63.2 cm³/mol. The topological polar surface area (TPSA) is 26.3 Å². The van der Waals surface area contributed by atoms with Crippen LogP contribution < -0.4 is 0 Å². The van der Waals surface area contributed by atoms with Crippen molar-refractivity contribution in [3.63, 3.8) is 0 Å². The molecule has 0 spiro atoms. The molecule has 0 saturated heterocycles. The molecule has 0 aromatic heterocycles. The monoisotopic (exact) mass is 224 g/mol. The molecule has 0 unspecified atom stereocenters. The van der Waals surface area contributed by atoms with E-state index in [-0.39, 0.29) is 5.97 Å². The second kappa shape index (κ2) is 6.51. The number of hydrogen-bond donors (Lipinski definition) is 0. The molecule has 0 saturated carbocycles. The Balaban J connectivity index is 2.53. The van der Waals surface area contributed by atoms with Gasteiger partial charge in [0.2, 0.25) is 0 Å². The average molecular weight is 224 g/mol. The maximum Gasteiger partial charge on any atom is 0.316 e. The highest BCUT2D eigenvalue weighted by Gasteiger charge is 2.05. The fourth-order valence-electron chi connectivity index (χ4n) is 1.28. The van der Waals surface area contributed by atoms with Crippen molar-refractivity contribution >= 4 is 17.7 Å². The first-order valence-electron chi connectivity index (χ1n) is 5.14. The lowest BCUT2D eigenvalue weighted by molar-refractivity contribution is -0.139. The summed E-state index contributed by atoms with van der Waals surface area (Å²) >= 11 is 1.55. The zero-order valence-corrected chi connectivity index (χ0v) is 9.97. The van der Waals surface area contributed by atoms with Crippen LogP contribution in [0, 0.1) is 0 Å². The zero-order chi connectivity index (χ0) is 11.1. The minimum Gasteiger partial charge on any atom is -0.465 e. The van der Waals surface area contributed by atoms with E-state index < -0.39 is 0 Å². The Morgan fingerprint density at radius 2 is 2.07 bits per heavy atom. The number of aryl methyl sites for hydroxylation is 1. The molecular formula is C12H16O2S. The quantitative estimate of drug-likeness (QED) is 0.568. The number of hydrogen-bond acceptors (Lipinski definition) is 3. The SMILES string of the molecule is CCOC(=O)CSc1ccccc1CC. The van der Waals surface area contributed by atoms with Crippen LogP contribution in [0.25, 0.3) is 0 Å². The average Bonchev–Trinajstić information content (AvgIpc) is 2.27. The van der Waals surface area contributed by atoms with Gasteiger partial charge in [0.05, 0.1) is 12.4 Å². The van der Waals surface area contributed by atoms with Crippen molar-refractivity contribution < 1.29 is 9.53 Å². The van der Waals surface area contributed by atoms with Crippen molar-refractivity contribution in [3.05, 3.63) is 29.8 Å². The molecule has 1 aromatic carbocycles. The molecule has 0 aliphatic heterocycles. The number of benzene rings is 1. The van der Waals surface area contributed by atoms with Crippen LogP contribution in [0.4, 0.5) is 0 Å². The van der Waals surface area contributed by atoms with E-state index in [9.17, 15) is 4.79 Å². The van der Waals surface area contributed by atoms with E-state index in [2.05, 4.69) is 13.0 Å². The van der Waals surface area contributed by atoms with Crippen LogP contribution in [-0.4, -0.2) is 18.3 Å². The van der Waals surface area contributed by atoms with Crippen LogP contribution in [0.5, 0.6) is 0 Å². The number of carbonyl (C=O) groups is 1. The van der Waals surface area contributed by atoms with Gasteiger partial charge in [0.25, 0.3) is 0 Å². The van der Waals surface area contributed by atoms with E-state index in [4.69, 9.17) is 4.74 Å². The van der Waals surface area contributed by atoms with Crippen LogP contribution in [0.15, 0.2) is 29.2 Å². The molecule has 0 aliphatic carbocycles. The number of carbonyl (C=O) groups excluding carboxylic acids is 1. The molecule has 0 N–H and O–H groups in total. The summed E-state index contributed by atoms with van der Waals surface area (Å²) in [6.45, 7) is 4.39. The minimum absolute atomic E-state index is 0.145. The van der Waals surface area contributed by atoms with Crippen LogP contribution in [0.2, 0.25) is 0 Å². The molecule has 1 aromatic rings. The largest absolute Gasteiger partial charge is 0.465 e. The molecule has 0 fully saturated rings. The van der Waals surface area contributed by atoms with Crippen molar-refractivity contribution in [1.82, 2.24) is 0 Å². The molecule has 0 amide bonds. The molecule has 0 heterocycles. The van der Waals surface area contributed by atoms with Gasteiger partial charge in [-0.25, -0.2) is 0 Å². The van der Waals surface area contributed by atoms with E-state index in [1.54, 1.807) is 11.8 Å². The molecule has 82 valence electrons. The third-order valence-electron chi connectivity index (χ3n) is 2.00. The van der Waals surface area contributed by atoms with Crippen molar-refractivity contribution in [2.75, 3.05) is 12.4 Å². The highest BCUT2D eigenvalue weighted by atomic mass is 32.2. The molecule has 15 heavy (non-hydrogen) atoms. The van der Waals surface area contributed by atoms with Gasteiger partial charge in [-0.3, -0.25) is 4.79 Å². The standard InChI is InChI=1S/C12H16O2S/c1-3-10-7-5-6-8-11(10)15-9-12(13)14-4-2/h5-8H,3-4,9H2,1-2H3. The molecule has 2 nitrogen and oxygen atoms in total. The fraction of sp³-hybridized carbons (Fsp3) is 0.417. The predicted octanol–water partition coefficient (Wildman–Crippen LogP) is 2.90. The highest BCUT2D eigenvalue weighted by molar-refractivity contribution is 8.00. The number of esters is 1. The maximum absolute atomic E-state index is 11.2. The summed E-state index contributed by atoms with van der Waals surface area (Å²) in [5.74, 6) is 0.249. The lowest BCUT2D eigenvalue weighted by Crippen LogP contribution is -2.06. The lowest BCUT2D eigenvalue weighted by Gasteiger charge is -2.06. The van der Waals surface area contributed by atoms with Gasteiger partial charge in [0, 0.05) is 4.90 Å².